The molecule has 0 spiro atoms. The Morgan fingerprint density at radius 1 is 1.61 bits per heavy atom. The molecule has 18 heavy (non-hydrogen) atoms. The first-order valence-corrected chi connectivity index (χ1v) is 6.63. The third kappa shape index (κ3) is 4.23. The molecule has 106 valence electrons. The molecule has 2 atom stereocenters. The Labute approximate surface area is 110 Å². The molecule has 0 bridgehead atoms. The maximum absolute atomic E-state index is 11.5. The SMILES string of the molecule is COC(=O)C(C)(N)CCN(C)C1CCCN(C)C1. The number of ether oxygens (including phenoxy) is 1. The van der Waals surface area contributed by atoms with Gasteiger partial charge in [-0.05, 0) is 46.8 Å². The van der Waals surface area contributed by atoms with Crippen LogP contribution in [-0.2, 0) is 9.53 Å². The highest BCUT2D eigenvalue weighted by molar-refractivity contribution is 5.79. The maximum Gasteiger partial charge on any atom is 0.325 e. The van der Waals surface area contributed by atoms with Crippen molar-refractivity contribution in [2.45, 2.75) is 37.8 Å². The van der Waals surface area contributed by atoms with Gasteiger partial charge in [0.05, 0.1) is 7.11 Å². The second-order valence-corrected chi connectivity index (χ2v) is 5.70. The first-order valence-electron chi connectivity index (χ1n) is 6.63. The van der Waals surface area contributed by atoms with Crippen LogP contribution in [-0.4, -0.2) is 68.2 Å². The molecule has 0 aromatic carbocycles. The Hall–Kier alpha value is -0.650. The highest BCUT2D eigenvalue weighted by atomic mass is 16.5. The lowest BCUT2D eigenvalue weighted by Crippen LogP contribution is -2.50. The van der Waals surface area contributed by atoms with Gasteiger partial charge in [0.25, 0.3) is 0 Å². The van der Waals surface area contributed by atoms with Crippen molar-refractivity contribution in [1.29, 1.82) is 0 Å². The van der Waals surface area contributed by atoms with Crippen LogP contribution in [0.4, 0.5) is 0 Å². The maximum atomic E-state index is 11.5. The zero-order valence-electron chi connectivity index (χ0n) is 12.1. The van der Waals surface area contributed by atoms with Crippen LogP contribution in [0.5, 0.6) is 0 Å². The molecule has 0 aromatic rings. The fraction of sp³-hybridized carbons (Fsp3) is 0.923. The molecule has 0 aliphatic carbocycles. The summed E-state index contributed by atoms with van der Waals surface area (Å²) in [6.07, 6.45) is 3.08. The highest BCUT2D eigenvalue weighted by Gasteiger charge is 2.30. The molecule has 1 rings (SSSR count). The monoisotopic (exact) mass is 257 g/mol. The molecule has 1 saturated heterocycles. The lowest BCUT2D eigenvalue weighted by atomic mass is 9.98. The molecule has 0 radical (unpaired) electrons. The van der Waals surface area contributed by atoms with E-state index in [1.165, 1.54) is 26.5 Å². The Morgan fingerprint density at radius 3 is 2.83 bits per heavy atom. The number of carbonyl (C=O) groups is 1. The first kappa shape index (κ1) is 15.4. The number of methoxy groups -OCH3 is 1. The van der Waals surface area contributed by atoms with E-state index in [0.29, 0.717) is 12.5 Å². The summed E-state index contributed by atoms with van der Waals surface area (Å²) in [4.78, 5) is 16.2. The number of hydrogen-bond donors (Lipinski definition) is 1. The number of rotatable bonds is 5. The van der Waals surface area contributed by atoms with Gasteiger partial charge in [0.15, 0.2) is 0 Å². The van der Waals surface area contributed by atoms with Gasteiger partial charge in [-0.2, -0.15) is 0 Å². The topological polar surface area (TPSA) is 58.8 Å². The van der Waals surface area contributed by atoms with Crippen molar-refractivity contribution in [3.63, 3.8) is 0 Å². The Bertz CT molecular complexity index is 281. The van der Waals surface area contributed by atoms with E-state index >= 15 is 0 Å². The largest absolute Gasteiger partial charge is 0.468 e. The average molecular weight is 257 g/mol. The highest BCUT2D eigenvalue weighted by Crippen LogP contribution is 2.16. The van der Waals surface area contributed by atoms with Gasteiger partial charge < -0.3 is 20.3 Å². The fourth-order valence-electron chi connectivity index (χ4n) is 2.43. The minimum absolute atomic E-state index is 0.336. The Balaban J connectivity index is 2.40. The third-order valence-corrected chi connectivity index (χ3v) is 3.86. The summed E-state index contributed by atoms with van der Waals surface area (Å²) in [5.74, 6) is -0.336. The zero-order valence-corrected chi connectivity index (χ0v) is 12.1. The van der Waals surface area contributed by atoms with E-state index in [0.717, 1.165) is 13.1 Å². The van der Waals surface area contributed by atoms with Crippen molar-refractivity contribution in [1.82, 2.24) is 9.80 Å². The van der Waals surface area contributed by atoms with E-state index in [-0.39, 0.29) is 5.97 Å². The summed E-state index contributed by atoms with van der Waals surface area (Å²) in [7, 11) is 5.64. The third-order valence-electron chi connectivity index (χ3n) is 3.86. The van der Waals surface area contributed by atoms with Crippen LogP contribution in [0.25, 0.3) is 0 Å². The molecular formula is C13H27N3O2. The quantitative estimate of drug-likeness (QED) is 0.718. The first-order chi connectivity index (χ1) is 8.36. The standard InChI is InChI=1S/C13H27N3O2/c1-13(14,12(17)18-4)7-9-16(3)11-6-5-8-15(2)10-11/h11H,5-10,14H2,1-4H3. The molecule has 0 aromatic heterocycles. The number of likely N-dealkylation sites (tertiary alicyclic amines) is 1. The number of esters is 1. The van der Waals surface area contributed by atoms with Crippen molar-refractivity contribution < 1.29 is 9.53 Å². The second kappa shape index (κ2) is 6.50. The lowest BCUT2D eigenvalue weighted by molar-refractivity contribution is -0.146. The molecule has 1 fully saturated rings. The predicted molar refractivity (Wildman–Crippen MR) is 72.4 cm³/mol. The summed E-state index contributed by atoms with van der Waals surface area (Å²) in [5, 5.41) is 0. The number of nitrogens with zero attached hydrogens (tertiary/aromatic N) is 2. The summed E-state index contributed by atoms with van der Waals surface area (Å²) in [6.45, 7) is 4.83. The number of piperidine rings is 1. The summed E-state index contributed by atoms with van der Waals surface area (Å²) in [5.41, 5.74) is 5.08. The predicted octanol–water partition coefficient (Wildman–Crippen LogP) is 0.293. The van der Waals surface area contributed by atoms with Gasteiger partial charge in [-0.25, -0.2) is 0 Å². The molecular weight excluding hydrogens is 230 g/mol. The van der Waals surface area contributed by atoms with E-state index in [4.69, 9.17) is 10.5 Å². The van der Waals surface area contributed by atoms with Crippen molar-refractivity contribution >= 4 is 5.97 Å². The van der Waals surface area contributed by atoms with Crippen LogP contribution in [0, 0.1) is 0 Å². The van der Waals surface area contributed by atoms with Crippen LogP contribution in [0.1, 0.15) is 26.2 Å². The van der Waals surface area contributed by atoms with E-state index in [9.17, 15) is 4.79 Å². The lowest BCUT2D eigenvalue weighted by Gasteiger charge is -2.36. The van der Waals surface area contributed by atoms with Crippen molar-refractivity contribution in [3.8, 4) is 0 Å². The second-order valence-electron chi connectivity index (χ2n) is 5.70. The minimum Gasteiger partial charge on any atom is -0.468 e. The fourth-order valence-corrected chi connectivity index (χ4v) is 2.43. The minimum atomic E-state index is -0.885. The smallest absolute Gasteiger partial charge is 0.325 e. The van der Waals surface area contributed by atoms with E-state index in [2.05, 4.69) is 23.9 Å². The normalized spacial score (nSPS) is 24.9. The van der Waals surface area contributed by atoms with E-state index < -0.39 is 5.54 Å². The molecule has 1 aliphatic heterocycles. The Morgan fingerprint density at radius 2 is 2.28 bits per heavy atom. The molecule has 5 heteroatoms. The van der Waals surface area contributed by atoms with Gasteiger partial charge in [-0.3, -0.25) is 4.79 Å². The molecule has 0 saturated carbocycles. The van der Waals surface area contributed by atoms with Crippen LogP contribution >= 0.6 is 0 Å². The molecule has 1 aliphatic rings. The van der Waals surface area contributed by atoms with Crippen LogP contribution in [0.15, 0.2) is 0 Å². The van der Waals surface area contributed by atoms with Gasteiger partial charge in [0, 0.05) is 19.1 Å². The van der Waals surface area contributed by atoms with Gasteiger partial charge in [0.1, 0.15) is 5.54 Å². The number of hydrogen-bond acceptors (Lipinski definition) is 5. The van der Waals surface area contributed by atoms with Crippen LogP contribution in [0.2, 0.25) is 0 Å². The molecule has 2 N–H and O–H groups in total. The number of likely N-dealkylation sites (N-methyl/N-ethyl adjacent to an activating group) is 2. The molecule has 0 amide bonds. The van der Waals surface area contributed by atoms with Crippen LogP contribution < -0.4 is 5.73 Å². The van der Waals surface area contributed by atoms with Crippen molar-refractivity contribution in [2.75, 3.05) is 40.8 Å². The number of nitrogens with two attached hydrogens (primary N) is 1. The van der Waals surface area contributed by atoms with Gasteiger partial charge in [-0.15, -0.1) is 0 Å². The molecule has 5 nitrogen and oxygen atoms in total. The summed E-state index contributed by atoms with van der Waals surface area (Å²) < 4.78 is 4.72. The average Bonchev–Trinajstić information content (AvgIpc) is 2.35. The van der Waals surface area contributed by atoms with E-state index in [1.54, 1.807) is 6.92 Å². The van der Waals surface area contributed by atoms with Crippen molar-refractivity contribution in [2.24, 2.45) is 5.73 Å². The van der Waals surface area contributed by atoms with Gasteiger partial charge in [0.2, 0.25) is 0 Å². The van der Waals surface area contributed by atoms with E-state index in [1.807, 2.05) is 0 Å². The van der Waals surface area contributed by atoms with Gasteiger partial charge in [-0.1, -0.05) is 0 Å². The van der Waals surface area contributed by atoms with Gasteiger partial charge >= 0.3 is 5.97 Å². The van der Waals surface area contributed by atoms with Crippen LogP contribution in [0.3, 0.4) is 0 Å². The molecule has 2 unspecified atom stereocenters. The molecule has 1 heterocycles. The summed E-state index contributed by atoms with van der Waals surface area (Å²) >= 11 is 0. The van der Waals surface area contributed by atoms with Crippen molar-refractivity contribution in [3.05, 3.63) is 0 Å². The zero-order chi connectivity index (χ0) is 13.8. The Kier molecular flexibility index (Phi) is 5.56. The number of carbonyl (C=O) groups excluding carboxylic acids is 1. The summed E-state index contributed by atoms with van der Waals surface area (Å²) in [6, 6.07) is 0.567.